The Kier molecular flexibility index (Phi) is 2.84. The van der Waals surface area contributed by atoms with Crippen molar-refractivity contribution >= 4 is 11.9 Å². The average molecular weight is 130 g/mol. The van der Waals surface area contributed by atoms with Crippen molar-refractivity contribution in [1.29, 1.82) is 5.26 Å². The Morgan fingerprint density at radius 2 is 2.22 bits per heavy atom. The van der Waals surface area contributed by atoms with Gasteiger partial charge in [-0.3, -0.25) is 10.1 Å². The Morgan fingerprint density at radius 3 is 2.56 bits per heavy atom. The summed E-state index contributed by atoms with van der Waals surface area (Å²) in [7, 11) is 0. The topological polar surface area (TPSA) is 96.0 Å². The highest BCUT2D eigenvalue weighted by Crippen LogP contribution is 1.72. The maximum atomic E-state index is 10.2. The molecule has 0 aliphatic carbocycles. The largest absolute Gasteiger partial charge is 0.351 e. The van der Waals surface area contributed by atoms with E-state index in [0.717, 1.165) is 0 Å². The molecule has 0 fully saturated rings. The molecule has 0 rings (SSSR count). The molecule has 0 atom stereocenters. The van der Waals surface area contributed by atoms with Crippen LogP contribution in [0, 0.1) is 11.3 Å². The quantitative estimate of drug-likeness (QED) is 0.355. The first-order chi connectivity index (χ1) is 4.16. The Balaban J connectivity index is 3.54. The van der Waals surface area contributed by atoms with Crippen LogP contribution in [-0.2, 0) is 4.79 Å². The summed E-state index contributed by atoms with van der Waals surface area (Å²) in [5.74, 6) is -0.676. The summed E-state index contributed by atoms with van der Waals surface area (Å²) >= 11 is 0. The third-order valence-corrected chi connectivity index (χ3v) is 0.502. The van der Waals surface area contributed by atoms with Crippen LogP contribution in [0.5, 0.6) is 0 Å². The van der Waals surface area contributed by atoms with Crippen LogP contribution in [-0.4, -0.2) is 11.9 Å². The summed E-state index contributed by atoms with van der Waals surface area (Å²) in [6, 6.07) is 0.618. The van der Waals surface area contributed by atoms with E-state index in [1.54, 1.807) is 11.4 Å². The van der Waals surface area contributed by atoms with Gasteiger partial charge in [0, 0.05) is 0 Å². The molecule has 5 nitrogen and oxygen atoms in total. The van der Waals surface area contributed by atoms with Gasteiger partial charge < -0.3 is 5.73 Å². The van der Waals surface area contributed by atoms with Gasteiger partial charge in [0.05, 0.1) is 6.07 Å². The van der Waals surface area contributed by atoms with E-state index in [2.05, 4.69) is 5.73 Å². The molecule has 0 aromatic heterocycles. The predicted molar refractivity (Wildman–Crippen MR) is 28.0 cm³/mol. The van der Waals surface area contributed by atoms with Crippen molar-refractivity contribution < 1.29 is 9.59 Å². The van der Waals surface area contributed by atoms with Crippen LogP contribution < -0.4 is 11.1 Å². The minimum atomic E-state index is -0.935. The highest BCUT2D eigenvalue weighted by atomic mass is 16.3. The highest BCUT2D eigenvalue weighted by molar-refractivity contribution is 5.94. The molecule has 0 saturated carbocycles. The van der Waals surface area contributed by atoms with E-state index < -0.39 is 11.9 Å². The second-order valence-corrected chi connectivity index (χ2v) is 1.25. The fourth-order valence-corrected chi connectivity index (χ4v) is 0.253. The molecule has 0 aliphatic heterocycles. The third-order valence-electron chi connectivity index (χ3n) is 0.502. The number of amides is 3. The normalized spacial score (nSPS) is 7.44. The molecule has 0 saturated heterocycles. The molecule has 0 unspecified atom stereocenters. The second kappa shape index (κ2) is 3.43. The van der Waals surface area contributed by atoms with Crippen LogP contribution in [0.4, 0.5) is 4.79 Å². The second-order valence-electron chi connectivity index (χ2n) is 1.25. The molecule has 0 bridgehead atoms. The minimum absolute atomic E-state index is 0.344. The zero-order valence-corrected chi connectivity index (χ0v) is 4.55. The van der Waals surface area contributed by atoms with E-state index >= 15 is 0 Å². The maximum Gasteiger partial charge on any atom is 0.318 e. The number of hydrogen-bond donors (Lipinski definition) is 2. The van der Waals surface area contributed by atoms with Gasteiger partial charge in [-0.1, -0.05) is 0 Å². The van der Waals surface area contributed by atoms with Gasteiger partial charge >= 0.3 is 6.03 Å². The van der Waals surface area contributed by atoms with Gasteiger partial charge in [0.25, 0.3) is 0 Å². The van der Waals surface area contributed by atoms with Crippen molar-refractivity contribution in [1.82, 2.24) is 5.32 Å². The number of urea groups is 1. The summed E-state index contributed by atoms with van der Waals surface area (Å²) in [5, 5.41) is 9.61. The molecule has 9 heavy (non-hydrogen) atoms. The first-order valence-corrected chi connectivity index (χ1v) is 2.13. The molecule has 5 heteroatoms. The number of hydrogen-bond acceptors (Lipinski definition) is 3. The van der Waals surface area contributed by atoms with Crippen molar-refractivity contribution in [2.45, 2.75) is 6.42 Å². The Hall–Kier alpha value is -1.57. The van der Waals surface area contributed by atoms with Crippen molar-refractivity contribution in [2.24, 2.45) is 5.73 Å². The van der Waals surface area contributed by atoms with Gasteiger partial charge in [0.15, 0.2) is 0 Å². The van der Waals surface area contributed by atoms with Crippen molar-refractivity contribution in [3.8, 4) is 6.07 Å². The van der Waals surface area contributed by atoms with Gasteiger partial charge in [-0.05, 0) is 0 Å². The smallest absolute Gasteiger partial charge is 0.318 e. The summed E-state index contributed by atoms with van der Waals surface area (Å²) in [5.41, 5.74) is 4.54. The van der Waals surface area contributed by atoms with Crippen LogP contribution in [0.1, 0.15) is 6.42 Å². The van der Waals surface area contributed by atoms with Crippen LogP contribution in [0.15, 0.2) is 0 Å². The molecule has 3 amide bonds. The van der Waals surface area contributed by atoms with Gasteiger partial charge in [0.2, 0.25) is 5.91 Å². The molecule has 0 heterocycles. The maximum absolute atomic E-state index is 10.2. The number of carbonyl (C=O) groups excluding carboxylic acids is 2. The Morgan fingerprint density at radius 1 is 1.67 bits per heavy atom. The molecule has 0 aromatic carbocycles. The number of nitriles is 1. The molecule has 0 spiro atoms. The fourth-order valence-electron chi connectivity index (χ4n) is 0.253. The number of carbonyl (C=O) groups is 2. The van der Waals surface area contributed by atoms with Crippen molar-refractivity contribution in [3.05, 3.63) is 0 Å². The number of rotatable bonds is 1. The summed E-state index contributed by atoms with van der Waals surface area (Å²) in [6.07, 6.45) is -0.344. The Bertz CT molecular complexity index is 169. The van der Waals surface area contributed by atoms with Crippen LogP contribution >= 0.6 is 0 Å². The lowest BCUT2D eigenvalue weighted by Gasteiger charge is -1.91. The third kappa shape index (κ3) is 4.28. The Labute approximate surface area is 51.4 Å². The number of nitrogens with two attached hydrogens (primary N) is 1. The van der Waals surface area contributed by atoms with Crippen LogP contribution in [0.2, 0.25) is 0 Å². The molecule has 3 N–H and O–H groups in total. The predicted octanol–water partition coefficient (Wildman–Crippen LogP) is -0.905. The van der Waals surface area contributed by atoms with E-state index in [0.29, 0.717) is 0 Å². The van der Waals surface area contributed by atoms with Gasteiger partial charge in [-0.2, -0.15) is 5.26 Å². The summed E-state index contributed by atoms with van der Waals surface area (Å²) < 4.78 is 0. The lowest BCUT2D eigenvalue weighted by molar-refractivity contribution is -0.119. The number of nitrogens with one attached hydrogen (secondary N) is 1. The lowest BCUT2D eigenvalue weighted by atomic mass is 10.5. The van der Waals surface area contributed by atoms with E-state index in [9.17, 15) is 9.59 Å². The fraction of sp³-hybridized carbons (Fsp3) is 0.250. The van der Waals surface area contributed by atoms with Gasteiger partial charge in [0.1, 0.15) is 6.42 Å². The lowest BCUT2D eigenvalue weighted by Crippen LogP contribution is -2.34. The SMILES string of the molecule is N#CCC(=O)[15NH][13C]([15NH2])=O. The monoisotopic (exact) mass is 130 g/mol. The number of nitrogens with zero attached hydrogens (tertiary/aromatic N) is 1. The average Bonchev–Trinajstić information content (AvgIpc) is 1.63. The van der Waals surface area contributed by atoms with E-state index in [4.69, 9.17) is 5.26 Å². The molecule has 0 aromatic rings. The molecule has 0 radical (unpaired) electrons. The molecule has 48 valence electrons. The first-order valence-electron chi connectivity index (χ1n) is 2.13. The van der Waals surface area contributed by atoms with Crippen LogP contribution in [0.3, 0.4) is 0 Å². The van der Waals surface area contributed by atoms with Crippen LogP contribution in [0.25, 0.3) is 0 Å². The van der Waals surface area contributed by atoms with Gasteiger partial charge in [-0.25, -0.2) is 4.79 Å². The standard InChI is InChI=1S/C4H5N3O2/c5-2-1-3(8)7-4(6)9/h1H2,(H3,6,7,8,9)/i4+1,6+1,7+1. The van der Waals surface area contributed by atoms with Crippen molar-refractivity contribution in [3.63, 3.8) is 0 Å². The highest BCUT2D eigenvalue weighted by Gasteiger charge is 2.00. The van der Waals surface area contributed by atoms with E-state index in [-0.39, 0.29) is 6.42 Å². The van der Waals surface area contributed by atoms with Gasteiger partial charge in [-0.15, -0.1) is 0 Å². The van der Waals surface area contributed by atoms with E-state index in [1.807, 2.05) is 0 Å². The van der Waals surface area contributed by atoms with Crippen molar-refractivity contribution in [2.75, 3.05) is 0 Å². The molecular weight excluding hydrogens is 125 g/mol. The first kappa shape index (κ1) is 7.43. The molecular formula is C4H5N3O2. The summed E-state index contributed by atoms with van der Waals surface area (Å²) in [6.45, 7) is 0. The van der Waals surface area contributed by atoms with E-state index in [1.165, 1.54) is 0 Å². The molecule has 0 aliphatic rings. The minimum Gasteiger partial charge on any atom is -0.351 e. The summed E-state index contributed by atoms with van der Waals surface area (Å²) in [4.78, 5) is 20.1. The number of primary amides is 1. The zero-order valence-electron chi connectivity index (χ0n) is 4.55. The zero-order chi connectivity index (χ0) is 7.28. The number of imide groups is 1.